The third-order valence-electron chi connectivity index (χ3n) is 4.56. The lowest BCUT2D eigenvalue weighted by Crippen LogP contribution is -2.44. The number of carbonyl (C=O) groups is 1. The highest BCUT2D eigenvalue weighted by molar-refractivity contribution is 5.85. The van der Waals surface area contributed by atoms with Crippen LogP contribution in [0.2, 0.25) is 0 Å². The Labute approximate surface area is 168 Å². The van der Waals surface area contributed by atoms with Gasteiger partial charge in [0.15, 0.2) is 0 Å². The number of amides is 1. The molecule has 3 rings (SSSR count). The summed E-state index contributed by atoms with van der Waals surface area (Å²) < 4.78 is 5.78. The molecule has 7 heteroatoms. The molecule has 0 saturated carbocycles. The van der Waals surface area contributed by atoms with E-state index >= 15 is 0 Å². The maximum Gasteiger partial charge on any atom is 0.222 e. The fourth-order valence-corrected chi connectivity index (χ4v) is 3.21. The summed E-state index contributed by atoms with van der Waals surface area (Å²) in [5, 5.41) is 6.31. The fraction of sp³-hybridized carbons (Fsp3) is 0.526. The highest BCUT2D eigenvalue weighted by atomic mass is 35.5. The zero-order valence-corrected chi connectivity index (χ0v) is 16.6. The van der Waals surface area contributed by atoms with Crippen LogP contribution in [-0.4, -0.2) is 56.2 Å². The average Bonchev–Trinajstić information content (AvgIpc) is 2.62. The average molecular weight is 402 g/mol. The first kappa shape index (κ1) is 22.9. The van der Waals surface area contributed by atoms with Crippen LogP contribution in [0.5, 0.6) is 0 Å². The lowest BCUT2D eigenvalue weighted by Gasteiger charge is -2.32. The highest BCUT2D eigenvalue weighted by Gasteiger charge is 2.23. The monoisotopic (exact) mass is 401 g/mol. The fourth-order valence-electron chi connectivity index (χ4n) is 3.21. The summed E-state index contributed by atoms with van der Waals surface area (Å²) in [5.41, 5.74) is 2.62. The Morgan fingerprint density at radius 3 is 2.81 bits per heavy atom. The number of ether oxygens (including phenoxy) is 1. The van der Waals surface area contributed by atoms with Gasteiger partial charge in [0, 0.05) is 32.7 Å². The predicted octanol–water partition coefficient (Wildman–Crippen LogP) is 2.16. The maximum absolute atomic E-state index is 12.2. The first-order valence-corrected chi connectivity index (χ1v) is 8.83. The van der Waals surface area contributed by atoms with E-state index in [2.05, 4.69) is 45.9 Å². The molecule has 1 aromatic rings. The van der Waals surface area contributed by atoms with Crippen LogP contribution in [-0.2, 0) is 16.1 Å². The number of hydrogen-bond donors (Lipinski definition) is 2. The summed E-state index contributed by atoms with van der Waals surface area (Å²) >= 11 is 0. The zero-order chi connectivity index (χ0) is 16.6. The van der Waals surface area contributed by atoms with Crippen LogP contribution in [0.4, 0.5) is 0 Å². The van der Waals surface area contributed by atoms with Crippen molar-refractivity contribution < 1.29 is 9.53 Å². The lowest BCUT2D eigenvalue weighted by molar-refractivity contribution is -0.126. The molecule has 0 spiro atoms. The van der Waals surface area contributed by atoms with E-state index in [0.717, 1.165) is 39.1 Å². The summed E-state index contributed by atoms with van der Waals surface area (Å²) in [5.74, 6) is 0.0843. The van der Waals surface area contributed by atoms with E-state index in [4.69, 9.17) is 4.74 Å². The van der Waals surface area contributed by atoms with Gasteiger partial charge < -0.3 is 15.4 Å². The van der Waals surface area contributed by atoms with Crippen molar-refractivity contribution in [2.45, 2.75) is 25.5 Å². The van der Waals surface area contributed by atoms with Gasteiger partial charge in [-0.3, -0.25) is 9.69 Å². The minimum atomic E-state index is -0.00976. The van der Waals surface area contributed by atoms with Gasteiger partial charge in [-0.1, -0.05) is 42.0 Å². The van der Waals surface area contributed by atoms with E-state index in [9.17, 15) is 4.79 Å². The molecule has 146 valence electrons. The van der Waals surface area contributed by atoms with Crippen LogP contribution in [0.25, 0.3) is 0 Å². The summed E-state index contributed by atoms with van der Waals surface area (Å²) in [6, 6.07) is 10.5. The van der Waals surface area contributed by atoms with Crippen LogP contribution in [0.3, 0.4) is 0 Å². The Morgan fingerprint density at radius 1 is 1.27 bits per heavy atom. The highest BCUT2D eigenvalue weighted by Crippen LogP contribution is 2.12. The van der Waals surface area contributed by atoms with Gasteiger partial charge in [0.25, 0.3) is 0 Å². The van der Waals surface area contributed by atoms with E-state index in [1.807, 2.05) is 6.07 Å². The van der Waals surface area contributed by atoms with Gasteiger partial charge in [0.1, 0.15) is 0 Å². The van der Waals surface area contributed by atoms with Crippen molar-refractivity contribution in [3.05, 3.63) is 47.5 Å². The number of hydrogen-bond acceptors (Lipinski definition) is 4. The minimum absolute atomic E-state index is 0. The van der Waals surface area contributed by atoms with E-state index in [-0.39, 0.29) is 36.8 Å². The second-order valence-electron chi connectivity index (χ2n) is 6.51. The van der Waals surface area contributed by atoms with Crippen molar-refractivity contribution in [1.82, 2.24) is 15.5 Å². The van der Waals surface area contributed by atoms with Crippen LogP contribution >= 0.6 is 24.8 Å². The Morgan fingerprint density at radius 2 is 2.08 bits per heavy atom. The Hall–Kier alpha value is -1.11. The molecule has 1 fully saturated rings. The second-order valence-corrected chi connectivity index (χ2v) is 6.51. The molecule has 1 aromatic carbocycles. The number of nitrogens with one attached hydrogen (secondary N) is 2. The first-order chi connectivity index (χ1) is 11.8. The number of morpholine rings is 1. The third kappa shape index (κ3) is 7.64. The lowest BCUT2D eigenvalue weighted by atomic mass is 10.1. The van der Waals surface area contributed by atoms with Crippen molar-refractivity contribution in [1.29, 1.82) is 0 Å². The topological polar surface area (TPSA) is 53.6 Å². The second kappa shape index (κ2) is 12.3. The summed E-state index contributed by atoms with van der Waals surface area (Å²) in [7, 11) is 0. The van der Waals surface area contributed by atoms with Gasteiger partial charge in [-0.15, -0.1) is 24.8 Å². The molecule has 1 amide bonds. The van der Waals surface area contributed by atoms with Gasteiger partial charge in [0.05, 0.1) is 19.1 Å². The van der Waals surface area contributed by atoms with E-state index in [0.29, 0.717) is 19.6 Å². The van der Waals surface area contributed by atoms with Crippen molar-refractivity contribution in [3.63, 3.8) is 0 Å². The molecule has 26 heavy (non-hydrogen) atoms. The van der Waals surface area contributed by atoms with Gasteiger partial charge in [-0.25, -0.2) is 0 Å². The Kier molecular flexibility index (Phi) is 10.9. The zero-order valence-electron chi connectivity index (χ0n) is 15.0. The van der Waals surface area contributed by atoms with E-state index in [1.54, 1.807) is 0 Å². The normalized spacial score (nSPS) is 20.3. The molecule has 2 aliphatic rings. The molecule has 1 atom stereocenters. The number of benzene rings is 1. The van der Waals surface area contributed by atoms with Crippen LogP contribution in [0.15, 0.2) is 42.0 Å². The van der Waals surface area contributed by atoms with Gasteiger partial charge in [-0.2, -0.15) is 0 Å². The van der Waals surface area contributed by atoms with Gasteiger partial charge in [0.2, 0.25) is 5.91 Å². The largest absolute Gasteiger partial charge is 0.375 e. The first-order valence-electron chi connectivity index (χ1n) is 8.83. The smallest absolute Gasteiger partial charge is 0.222 e. The third-order valence-corrected chi connectivity index (χ3v) is 4.56. The molecule has 2 heterocycles. The number of carbonyl (C=O) groups excluding carboxylic acids is 1. The molecule has 2 N–H and O–H groups in total. The molecule has 1 unspecified atom stereocenters. The minimum Gasteiger partial charge on any atom is -0.375 e. The molecule has 1 saturated heterocycles. The molecule has 0 aliphatic carbocycles. The van der Waals surface area contributed by atoms with Crippen molar-refractivity contribution in [3.8, 4) is 0 Å². The van der Waals surface area contributed by atoms with Gasteiger partial charge in [-0.05, 0) is 18.5 Å². The maximum atomic E-state index is 12.2. The predicted molar refractivity (Wildman–Crippen MR) is 109 cm³/mol. The SMILES string of the molecule is Cl.Cl.O=C(CC1CN(Cc2ccccc2)CCO1)NCC1=CCNCC1. The number of rotatable bonds is 6. The summed E-state index contributed by atoms with van der Waals surface area (Å²) in [6.07, 6.45) is 3.62. The summed E-state index contributed by atoms with van der Waals surface area (Å²) in [6.45, 7) is 5.93. The molecule has 5 nitrogen and oxygen atoms in total. The number of nitrogens with zero attached hydrogens (tertiary/aromatic N) is 1. The molecular weight excluding hydrogens is 373 g/mol. The van der Waals surface area contributed by atoms with E-state index in [1.165, 1.54) is 11.1 Å². The van der Waals surface area contributed by atoms with Gasteiger partial charge >= 0.3 is 0 Å². The number of halogens is 2. The van der Waals surface area contributed by atoms with Crippen LogP contribution in [0, 0.1) is 0 Å². The Balaban J connectivity index is 0.00000169. The van der Waals surface area contributed by atoms with Crippen molar-refractivity contribution >= 4 is 30.7 Å². The van der Waals surface area contributed by atoms with Crippen LogP contribution < -0.4 is 10.6 Å². The quantitative estimate of drug-likeness (QED) is 0.717. The molecule has 0 aromatic heterocycles. The Bertz CT molecular complexity index is 569. The molecule has 0 bridgehead atoms. The molecule has 2 aliphatic heterocycles. The van der Waals surface area contributed by atoms with Crippen LogP contribution in [0.1, 0.15) is 18.4 Å². The van der Waals surface area contributed by atoms with Crippen molar-refractivity contribution in [2.75, 3.05) is 39.3 Å². The standard InChI is InChI=1S/C19H27N3O2.2ClH/c23-19(21-13-16-6-8-20-9-7-16)12-18-15-22(10-11-24-18)14-17-4-2-1-3-5-17;;/h1-6,18,20H,7-15H2,(H,21,23);2*1H. The molecule has 0 radical (unpaired) electrons. The van der Waals surface area contributed by atoms with Crippen molar-refractivity contribution in [2.24, 2.45) is 0 Å². The summed E-state index contributed by atoms with van der Waals surface area (Å²) in [4.78, 5) is 14.5. The molecular formula is C19H29Cl2N3O2. The van der Waals surface area contributed by atoms with E-state index < -0.39 is 0 Å².